The van der Waals surface area contributed by atoms with Crippen molar-refractivity contribution in [1.29, 1.82) is 0 Å². The van der Waals surface area contributed by atoms with Crippen LogP contribution in [0.5, 0.6) is 0 Å². The summed E-state index contributed by atoms with van der Waals surface area (Å²) in [5.74, 6) is 1.09. The van der Waals surface area contributed by atoms with E-state index in [4.69, 9.17) is 4.74 Å². The minimum atomic E-state index is 0.0437. The number of esters is 1. The highest BCUT2D eigenvalue weighted by atomic mass is 16.6. The zero-order valence-corrected chi connectivity index (χ0v) is 18.6. The van der Waals surface area contributed by atoms with E-state index in [9.17, 15) is 4.79 Å². The monoisotopic (exact) mass is 385 g/mol. The summed E-state index contributed by atoms with van der Waals surface area (Å²) in [6.07, 6.45) is 11.5. The molecule has 5 rings (SSSR count). The van der Waals surface area contributed by atoms with E-state index in [1.54, 1.807) is 5.57 Å². The fourth-order valence-electron chi connectivity index (χ4n) is 8.30. The van der Waals surface area contributed by atoms with Gasteiger partial charge in [-0.2, -0.15) is 0 Å². The summed E-state index contributed by atoms with van der Waals surface area (Å²) >= 11 is 0. The van der Waals surface area contributed by atoms with Crippen molar-refractivity contribution >= 4 is 5.97 Å². The first-order valence-corrected chi connectivity index (χ1v) is 11.7. The molecule has 0 N–H and O–H groups in total. The SMILES string of the molecule is C[C@H]1CCC[C@]2(C)C[C@H]3OC(=O)[C@@H](CN4C[C@]5(C)C[C@@H]4CC(C)(C)C5)[C@H]3C=C12. The highest BCUT2D eigenvalue weighted by molar-refractivity contribution is 5.76. The van der Waals surface area contributed by atoms with E-state index in [-0.39, 0.29) is 23.4 Å². The van der Waals surface area contributed by atoms with Gasteiger partial charge in [0.05, 0.1) is 5.92 Å². The number of nitrogens with zero attached hydrogens (tertiary/aromatic N) is 1. The van der Waals surface area contributed by atoms with Crippen LogP contribution in [0.3, 0.4) is 0 Å². The molecule has 0 amide bonds. The molecule has 3 heteroatoms. The second-order valence-electron chi connectivity index (χ2n) is 12.5. The Morgan fingerprint density at radius 3 is 2.75 bits per heavy atom. The van der Waals surface area contributed by atoms with E-state index in [2.05, 4.69) is 45.6 Å². The van der Waals surface area contributed by atoms with Crippen molar-refractivity contribution < 1.29 is 9.53 Å². The van der Waals surface area contributed by atoms with Crippen LogP contribution in [0.4, 0.5) is 0 Å². The van der Waals surface area contributed by atoms with Gasteiger partial charge in [0.15, 0.2) is 0 Å². The van der Waals surface area contributed by atoms with Crippen LogP contribution >= 0.6 is 0 Å². The number of allylic oxidation sites excluding steroid dienone is 1. The van der Waals surface area contributed by atoms with Crippen molar-refractivity contribution in [2.45, 2.75) is 91.7 Å². The van der Waals surface area contributed by atoms with Crippen LogP contribution in [-0.4, -0.2) is 36.1 Å². The Morgan fingerprint density at radius 2 is 1.96 bits per heavy atom. The lowest BCUT2D eigenvalue weighted by molar-refractivity contribution is -0.145. The van der Waals surface area contributed by atoms with Crippen LogP contribution in [0, 0.1) is 34.0 Å². The molecule has 0 aromatic carbocycles. The number of hydrogen-bond donors (Lipinski definition) is 0. The first kappa shape index (κ1) is 19.2. The highest BCUT2D eigenvalue weighted by Crippen LogP contribution is 2.56. The molecule has 3 nitrogen and oxygen atoms in total. The zero-order valence-electron chi connectivity index (χ0n) is 18.6. The fourth-order valence-corrected chi connectivity index (χ4v) is 8.30. The summed E-state index contributed by atoms with van der Waals surface area (Å²) in [6.45, 7) is 14.2. The summed E-state index contributed by atoms with van der Waals surface area (Å²) in [5, 5.41) is 0. The lowest BCUT2D eigenvalue weighted by atomic mass is 9.59. The van der Waals surface area contributed by atoms with Gasteiger partial charge >= 0.3 is 5.97 Å². The third kappa shape index (κ3) is 2.99. The molecule has 2 bridgehead atoms. The second-order valence-corrected chi connectivity index (χ2v) is 12.5. The lowest BCUT2D eigenvalue weighted by Gasteiger charge is -2.46. The van der Waals surface area contributed by atoms with Gasteiger partial charge in [-0.25, -0.2) is 0 Å². The van der Waals surface area contributed by atoms with Gasteiger partial charge in [0.25, 0.3) is 0 Å². The van der Waals surface area contributed by atoms with Crippen molar-refractivity contribution in [3.8, 4) is 0 Å². The topological polar surface area (TPSA) is 29.5 Å². The molecule has 156 valence electrons. The Balaban J connectivity index is 1.39. The van der Waals surface area contributed by atoms with Gasteiger partial charge in [0.2, 0.25) is 0 Å². The number of fused-ring (bicyclic) bond motifs is 4. The van der Waals surface area contributed by atoms with Gasteiger partial charge in [0, 0.05) is 25.0 Å². The molecule has 0 unspecified atom stereocenters. The fraction of sp³-hybridized carbons (Fsp3) is 0.880. The quantitative estimate of drug-likeness (QED) is 0.483. The van der Waals surface area contributed by atoms with Crippen molar-refractivity contribution in [3.05, 3.63) is 11.6 Å². The number of carbonyl (C=O) groups excluding carboxylic acids is 1. The third-order valence-electron chi connectivity index (χ3n) is 9.04. The molecule has 0 radical (unpaired) electrons. The first-order valence-electron chi connectivity index (χ1n) is 11.7. The number of carbonyl (C=O) groups is 1. The van der Waals surface area contributed by atoms with E-state index >= 15 is 0 Å². The van der Waals surface area contributed by atoms with Gasteiger partial charge in [-0.15, -0.1) is 0 Å². The third-order valence-corrected chi connectivity index (χ3v) is 9.04. The minimum absolute atomic E-state index is 0.0437. The van der Waals surface area contributed by atoms with Crippen LogP contribution in [0.15, 0.2) is 11.6 Å². The maximum atomic E-state index is 12.9. The Morgan fingerprint density at radius 1 is 1.18 bits per heavy atom. The zero-order chi connectivity index (χ0) is 19.9. The summed E-state index contributed by atoms with van der Waals surface area (Å²) in [6, 6.07) is 0.649. The maximum Gasteiger partial charge on any atom is 0.311 e. The average molecular weight is 386 g/mol. The lowest BCUT2D eigenvalue weighted by Crippen LogP contribution is -2.42. The standard InChI is InChI=1S/C25H39NO2/c1-16-7-6-8-25(5)12-21-18(9-20(16)25)19(22(27)28-21)13-26-15-24(4)11-17(26)10-23(2,3)14-24/h9,16-19,21H,6-8,10-15H2,1-5H3/t16-,17-,18+,19-,21+,24+,25+/m0/s1. The smallest absolute Gasteiger partial charge is 0.311 e. The van der Waals surface area contributed by atoms with E-state index in [0.29, 0.717) is 28.7 Å². The van der Waals surface area contributed by atoms with E-state index in [0.717, 1.165) is 19.5 Å². The number of likely N-dealkylation sites (tertiary alicyclic amines) is 1. The Labute approximate surface area is 171 Å². The predicted molar refractivity (Wildman–Crippen MR) is 112 cm³/mol. The largest absolute Gasteiger partial charge is 0.461 e. The molecule has 2 aliphatic heterocycles. The van der Waals surface area contributed by atoms with Crippen molar-refractivity contribution in [2.75, 3.05) is 13.1 Å². The summed E-state index contributed by atoms with van der Waals surface area (Å²) in [5.41, 5.74) is 2.75. The van der Waals surface area contributed by atoms with Crippen LogP contribution < -0.4 is 0 Å². The first-order chi connectivity index (χ1) is 13.1. The van der Waals surface area contributed by atoms with Crippen molar-refractivity contribution in [3.63, 3.8) is 0 Å². The molecular formula is C25H39NO2. The van der Waals surface area contributed by atoms with Crippen LogP contribution in [0.2, 0.25) is 0 Å². The van der Waals surface area contributed by atoms with Crippen molar-refractivity contribution in [2.24, 2.45) is 34.0 Å². The van der Waals surface area contributed by atoms with Gasteiger partial charge in [0.1, 0.15) is 6.10 Å². The molecule has 2 saturated heterocycles. The Hall–Kier alpha value is -0.830. The summed E-state index contributed by atoms with van der Waals surface area (Å²) in [4.78, 5) is 15.6. The molecule has 4 fully saturated rings. The number of rotatable bonds is 2. The summed E-state index contributed by atoms with van der Waals surface area (Å²) in [7, 11) is 0. The van der Waals surface area contributed by atoms with Crippen LogP contribution in [0.1, 0.15) is 79.6 Å². The Kier molecular flexibility index (Phi) is 4.17. The molecule has 0 spiro atoms. The van der Waals surface area contributed by atoms with Gasteiger partial charge < -0.3 is 4.74 Å². The maximum absolute atomic E-state index is 12.9. The molecule has 3 aliphatic carbocycles. The van der Waals surface area contributed by atoms with Gasteiger partial charge in [-0.3, -0.25) is 9.69 Å². The minimum Gasteiger partial charge on any atom is -0.461 e. The second kappa shape index (κ2) is 6.09. The molecule has 0 aromatic rings. The Bertz CT molecular complexity index is 711. The molecule has 28 heavy (non-hydrogen) atoms. The molecule has 0 aromatic heterocycles. The van der Waals surface area contributed by atoms with Crippen LogP contribution in [-0.2, 0) is 9.53 Å². The molecule has 2 heterocycles. The normalized spacial score (nSPS) is 50.0. The molecule has 7 atom stereocenters. The van der Waals surface area contributed by atoms with E-state index in [1.807, 2.05) is 0 Å². The predicted octanol–water partition coefficient (Wildman–Crippen LogP) is 5.20. The summed E-state index contributed by atoms with van der Waals surface area (Å²) < 4.78 is 6.00. The van der Waals surface area contributed by atoms with Crippen molar-refractivity contribution in [1.82, 2.24) is 4.90 Å². The average Bonchev–Trinajstić information content (AvgIpc) is 2.97. The molecule has 5 aliphatic rings. The van der Waals surface area contributed by atoms with Gasteiger partial charge in [-0.05, 0) is 60.7 Å². The molecule has 2 saturated carbocycles. The van der Waals surface area contributed by atoms with E-state index in [1.165, 1.54) is 38.5 Å². The highest BCUT2D eigenvalue weighted by Gasteiger charge is 2.55. The van der Waals surface area contributed by atoms with Crippen LogP contribution in [0.25, 0.3) is 0 Å². The van der Waals surface area contributed by atoms with E-state index < -0.39 is 0 Å². The molecular weight excluding hydrogens is 346 g/mol. The number of ether oxygens (including phenoxy) is 1. The number of hydrogen-bond acceptors (Lipinski definition) is 3. The van der Waals surface area contributed by atoms with Gasteiger partial charge in [-0.1, -0.05) is 52.7 Å².